The van der Waals surface area contributed by atoms with E-state index < -0.39 is 0 Å². The van der Waals surface area contributed by atoms with Gasteiger partial charge in [0.1, 0.15) is 0 Å². The van der Waals surface area contributed by atoms with Crippen LogP contribution in [0, 0.1) is 19.3 Å². The fourth-order valence-electron chi connectivity index (χ4n) is 3.53. The first-order chi connectivity index (χ1) is 9.78. The van der Waals surface area contributed by atoms with Gasteiger partial charge < -0.3 is 10.3 Å². The Morgan fingerprint density at radius 2 is 1.95 bits per heavy atom. The second kappa shape index (κ2) is 4.89. The minimum absolute atomic E-state index is 0.129. The molecule has 2 aromatic rings. The Hall–Kier alpha value is -1.25. The maximum atomic E-state index is 6.40. The minimum Gasteiger partial charge on any atom is -0.324 e. The highest BCUT2D eigenvalue weighted by atomic mass is 35.5. The van der Waals surface area contributed by atoms with Crippen molar-refractivity contribution < 1.29 is 0 Å². The fourth-order valence-corrected chi connectivity index (χ4v) is 3.70. The summed E-state index contributed by atoms with van der Waals surface area (Å²) < 4.78 is 2.32. The quantitative estimate of drug-likeness (QED) is 0.812. The minimum atomic E-state index is 0.129. The number of benzene rings is 1. The lowest BCUT2D eigenvalue weighted by molar-refractivity contribution is 0.278. The van der Waals surface area contributed by atoms with E-state index in [4.69, 9.17) is 17.3 Å². The van der Waals surface area contributed by atoms with Crippen LogP contribution >= 0.6 is 11.6 Å². The molecule has 3 rings (SSSR count). The molecule has 0 spiro atoms. The summed E-state index contributed by atoms with van der Waals surface area (Å²) in [6.07, 6.45) is 2.09. The van der Waals surface area contributed by atoms with Crippen LogP contribution in [0.3, 0.4) is 0 Å². The summed E-state index contributed by atoms with van der Waals surface area (Å²) in [4.78, 5) is 0. The van der Waals surface area contributed by atoms with Gasteiger partial charge in [-0.25, -0.2) is 0 Å². The molecule has 0 bridgehead atoms. The summed E-state index contributed by atoms with van der Waals surface area (Å²) in [6.45, 7) is 8.77. The van der Waals surface area contributed by atoms with Crippen LogP contribution in [-0.2, 0) is 6.42 Å². The average molecular weight is 303 g/mol. The molecular weight excluding hydrogens is 280 g/mol. The number of halogens is 1. The zero-order chi connectivity index (χ0) is 15.4. The molecule has 2 nitrogen and oxygen atoms in total. The maximum Gasteiger partial charge on any atom is 0.0470 e. The Kier molecular flexibility index (Phi) is 3.42. The predicted octanol–water partition coefficient (Wildman–Crippen LogP) is 4.72. The standard InChI is InChI=1S/C18H23ClN2/c1-11-5-6-13(8-15(11)19)21-12(2)7-14-16(20)9-18(3,4)10-17(14)21/h5-8,16H,9-10,20H2,1-4H3. The third kappa shape index (κ3) is 2.51. The SMILES string of the molecule is Cc1ccc(-n2c(C)cc3c2CC(C)(C)CC3N)cc1Cl. The topological polar surface area (TPSA) is 30.9 Å². The molecule has 1 aromatic carbocycles. The van der Waals surface area contributed by atoms with Crippen LogP contribution in [-0.4, -0.2) is 4.57 Å². The van der Waals surface area contributed by atoms with Crippen molar-refractivity contribution in [2.24, 2.45) is 11.1 Å². The Morgan fingerprint density at radius 1 is 1.24 bits per heavy atom. The first-order valence-electron chi connectivity index (χ1n) is 7.52. The van der Waals surface area contributed by atoms with Gasteiger partial charge in [-0.05, 0) is 61.4 Å². The van der Waals surface area contributed by atoms with Gasteiger partial charge in [-0.15, -0.1) is 0 Å². The molecule has 0 radical (unpaired) electrons. The van der Waals surface area contributed by atoms with Crippen molar-refractivity contribution in [2.75, 3.05) is 0 Å². The van der Waals surface area contributed by atoms with Crippen LogP contribution in [0.15, 0.2) is 24.3 Å². The molecular formula is C18H23ClN2. The summed E-state index contributed by atoms with van der Waals surface area (Å²) in [6, 6.07) is 8.64. The van der Waals surface area contributed by atoms with Crippen LogP contribution in [0.5, 0.6) is 0 Å². The van der Waals surface area contributed by atoms with E-state index in [1.54, 1.807) is 0 Å². The Labute approximate surface area is 131 Å². The van der Waals surface area contributed by atoms with Crippen molar-refractivity contribution in [1.29, 1.82) is 0 Å². The van der Waals surface area contributed by atoms with E-state index in [0.29, 0.717) is 0 Å². The number of aromatic nitrogens is 1. The zero-order valence-electron chi connectivity index (χ0n) is 13.2. The van der Waals surface area contributed by atoms with Gasteiger partial charge in [0.05, 0.1) is 0 Å². The Bertz CT molecular complexity index is 697. The van der Waals surface area contributed by atoms with Gasteiger partial charge in [-0.1, -0.05) is 31.5 Å². The molecule has 1 unspecified atom stereocenters. The summed E-state index contributed by atoms with van der Waals surface area (Å²) >= 11 is 6.31. The molecule has 0 amide bonds. The van der Waals surface area contributed by atoms with E-state index in [0.717, 1.165) is 29.1 Å². The van der Waals surface area contributed by atoms with Crippen LogP contribution in [0.25, 0.3) is 5.69 Å². The summed E-state index contributed by atoms with van der Waals surface area (Å²) in [7, 11) is 0. The smallest absolute Gasteiger partial charge is 0.0470 e. The Morgan fingerprint density at radius 3 is 2.62 bits per heavy atom. The molecule has 1 heterocycles. The van der Waals surface area contributed by atoms with Gasteiger partial charge in [-0.3, -0.25) is 0 Å². The van der Waals surface area contributed by atoms with E-state index in [-0.39, 0.29) is 11.5 Å². The first kappa shape index (κ1) is 14.7. The maximum absolute atomic E-state index is 6.40. The van der Waals surface area contributed by atoms with Gasteiger partial charge >= 0.3 is 0 Å². The normalized spacial score (nSPS) is 20.4. The number of rotatable bonds is 1. The fraction of sp³-hybridized carbons (Fsp3) is 0.444. The second-order valence-corrected chi connectivity index (χ2v) is 7.52. The molecule has 0 fully saturated rings. The molecule has 1 atom stereocenters. The lowest BCUT2D eigenvalue weighted by Gasteiger charge is -2.34. The highest BCUT2D eigenvalue weighted by molar-refractivity contribution is 6.31. The third-order valence-corrected chi connectivity index (χ3v) is 4.96. The molecule has 2 N–H and O–H groups in total. The monoisotopic (exact) mass is 302 g/mol. The predicted molar refractivity (Wildman–Crippen MR) is 89.3 cm³/mol. The molecule has 0 saturated heterocycles. The van der Waals surface area contributed by atoms with Gasteiger partial charge in [0.25, 0.3) is 0 Å². The zero-order valence-corrected chi connectivity index (χ0v) is 14.0. The van der Waals surface area contributed by atoms with Crippen molar-refractivity contribution >= 4 is 11.6 Å². The molecule has 3 heteroatoms. The molecule has 0 aliphatic heterocycles. The molecule has 1 aliphatic rings. The van der Waals surface area contributed by atoms with E-state index in [1.807, 2.05) is 6.92 Å². The summed E-state index contributed by atoms with van der Waals surface area (Å²) in [5.74, 6) is 0. The number of nitrogens with zero attached hydrogens (tertiary/aromatic N) is 1. The number of hydrogen-bond acceptors (Lipinski definition) is 1. The molecule has 1 aromatic heterocycles. The molecule has 112 valence electrons. The van der Waals surface area contributed by atoms with Crippen molar-refractivity contribution in [2.45, 2.75) is 46.6 Å². The van der Waals surface area contributed by atoms with E-state index in [9.17, 15) is 0 Å². The van der Waals surface area contributed by atoms with E-state index in [2.05, 4.69) is 49.6 Å². The largest absolute Gasteiger partial charge is 0.324 e. The van der Waals surface area contributed by atoms with Gasteiger partial charge in [0, 0.05) is 28.1 Å². The highest BCUT2D eigenvalue weighted by Crippen LogP contribution is 2.42. The highest BCUT2D eigenvalue weighted by Gasteiger charge is 2.33. The van der Waals surface area contributed by atoms with Crippen molar-refractivity contribution in [3.05, 3.63) is 51.8 Å². The Balaban J connectivity index is 2.18. The number of fused-ring (bicyclic) bond motifs is 1. The van der Waals surface area contributed by atoms with Crippen molar-refractivity contribution in [1.82, 2.24) is 4.57 Å². The van der Waals surface area contributed by atoms with Gasteiger partial charge in [0.2, 0.25) is 0 Å². The van der Waals surface area contributed by atoms with Crippen LogP contribution in [0.2, 0.25) is 5.02 Å². The van der Waals surface area contributed by atoms with Gasteiger partial charge in [0.15, 0.2) is 0 Å². The number of hydrogen-bond donors (Lipinski definition) is 1. The summed E-state index contributed by atoms with van der Waals surface area (Å²) in [5.41, 5.74) is 12.7. The summed E-state index contributed by atoms with van der Waals surface area (Å²) in [5, 5.41) is 0.814. The number of nitrogens with two attached hydrogens (primary N) is 1. The molecule has 21 heavy (non-hydrogen) atoms. The van der Waals surface area contributed by atoms with Gasteiger partial charge in [-0.2, -0.15) is 0 Å². The third-order valence-electron chi connectivity index (χ3n) is 4.55. The van der Waals surface area contributed by atoms with E-state index >= 15 is 0 Å². The lowest BCUT2D eigenvalue weighted by atomic mass is 9.74. The van der Waals surface area contributed by atoms with Crippen LogP contribution in [0.1, 0.15) is 48.8 Å². The molecule has 1 aliphatic carbocycles. The second-order valence-electron chi connectivity index (χ2n) is 7.11. The molecule has 0 saturated carbocycles. The first-order valence-corrected chi connectivity index (χ1v) is 7.89. The van der Waals surface area contributed by atoms with Crippen LogP contribution in [0.4, 0.5) is 0 Å². The number of aryl methyl sites for hydroxylation is 2. The lowest BCUT2D eigenvalue weighted by Crippen LogP contribution is -2.30. The van der Waals surface area contributed by atoms with Crippen molar-refractivity contribution in [3.8, 4) is 5.69 Å². The van der Waals surface area contributed by atoms with Crippen molar-refractivity contribution in [3.63, 3.8) is 0 Å². The van der Waals surface area contributed by atoms with E-state index in [1.165, 1.54) is 17.0 Å². The van der Waals surface area contributed by atoms with Crippen LogP contribution < -0.4 is 5.73 Å². The average Bonchev–Trinajstić information content (AvgIpc) is 2.68.